The van der Waals surface area contributed by atoms with Crippen LogP contribution in [0.25, 0.3) is 0 Å². The van der Waals surface area contributed by atoms with Crippen LogP contribution in [0.15, 0.2) is 77.7 Å². The summed E-state index contributed by atoms with van der Waals surface area (Å²) in [4.78, 5) is 26.9. The molecule has 41 heavy (non-hydrogen) atoms. The number of hydrogen-bond donors (Lipinski definition) is 0. The molecule has 13 heteroatoms. The highest BCUT2D eigenvalue weighted by Gasteiger charge is 2.41. The smallest absolute Gasteiger partial charge is 0.299 e. The van der Waals surface area contributed by atoms with E-state index in [0.717, 1.165) is 6.26 Å². The monoisotopic (exact) mass is 600 g/mol. The van der Waals surface area contributed by atoms with Gasteiger partial charge in [-0.05, 0) is 54.4 Å². The van der Waals surface area contributed by atoms with E-state index < -0.39 is 31.8 Å². The van der Waals surface area contributed by atoms with Crippen molar-refractivity contribution < 1.29 is 40.1 Å². The number of hydrogen-bond acceptors (Lipinski definition) is 9. The van der Waals surface area contributed by atoms with Crippen molar-refractivity contribution in [3.63, 3.8) is 0 Å². The first-order chi connectivity index (χ1) is 19.5. The average Bonchev–Trinajstić information content (AvgIpc) is 3.15. The van der Waals surface area contributed by atoms with E-state index in [1.54, 1.807) is 36.4 Å². The normalized spacial score (nSPS) is 17.3. The highest BCUT2D eigenvalue weighted by atomic mass is 32.2. The third-order valence-corrected chi connectivity index (χ3v) is 9.28. The fraction of sp³-hybridized carbons (Fsp3) is 0.286. The molecule has 2 aliphatic heterocycles. The fourth-order valence-electron chi connectivity index (χ4n) is 4.56. The van der Waals surface area contributed by atoms with Crippen LogP contribution in [0.1, 0.15) is 22.3 Å². The Morgan fingerprint density at radius 2 is 1.56 bits per heavy atom. The van der Waals surface area contributed by atoms with E-state index in [1.807, 2.05) is 18.2 Å². The third kappa shape index (κ3) is 6.43. The zero-order valence-electron chi connectivity index (χ0n) is 22.1. The van der Waals surface area contributed by atoms with Crippen LogP contribution in [0.5, 0.6) is 11.5 Å². The van der Waals surface area contributed by atoms with Crippen molar-refractivity contribution in [1.29, 1.82) is 0 Å². The van der Waals surface area contributed by atoms with Gasteiger partial charge in [-0.15, -0.1) is 0 Å². The lowest BCUT2D eigenvalue weighted by Gasteiger charge is -2.39. The summed E-state index contributed by atoms with van der Waals surface area (Å²) < 4.78 is 66.0. The Morgan fingerprint density at radius 1 is 0.854 bits per heavy atom. The highest BCUT2D eigenvalue weighted by molar-refractivity contribution is 7.89. The van der Waals surface area contributed by atoms with Crippen molar-refractivity contribution in [2.24, 2.45) is 0 Å². The van der Waals surface area contributed by atoms with Crippen molar-refractivity contribution in [2.75, 3.05) is 37.5 Å². The van der Waals surface area contributed by atoms with Crippen LogP contribution in [0.4, 0.5) is 5.69 Å². The van der Waals surface area contributed by atoms with E-state index in [1.165, 1.54) is 27.4 Å². The van der Waals surface area contributed by atoms with E-state index in [2.05, 4.69) is 4.18 Å². The number of ketones is 1. The van der Waals surface area contributed by atoms with Crippen molar-refractivity contribution in [3.05, 3.63) is 83.9 Å². The van der Waals surface area contributed by atoms with Gasteiger partial charge >= 0.3 is 0 Å². The lowest BCUT2D eigenvalue weighted by atomic mass is 10.1. The number of nitrogens with zero attached hydrogens (tertiary/aromatic N) is 2. The quantitative estimate of drug-likeness (QED) is 0.175. The largest absolute Gasteiger partial charge is 0.492 e. The maximum absolute atomic E-state index is 13.4. The summed E-state index contributed by atoms with van der Waals surface area (Å²) in [6, 6.07) is 19.7. The van der Waals surface area contributed by atoms with Crippen molar-refractivity contribution >= 4 is 37.5 Å². The number of amides is 1. The Bertz CT molecular complexity index is 1660. The molecule has 1 saturated heterocycles. The second-order valence-corrected chi connectivity index (χ2v) is 13.1. The number of rotatable bonds is 12. The molecule has 0 unspecified atom stereocenters. The summed E-state index contributed by atoms with van der Waals surface area (Å²) in [5, 5.41) is 0. The SMILES string of the molecule is CS(=O)(=O)OCCOc1ccc(CN2C(=O)C(=O)c3cc(S(=O)(=O)N4CC[C@H]4COc4ccccc4)ccc32)cc1. The van der Waals surface area contributed by atoms with Gasteiger partial charge in [0, 0.05) is 6.54 Å². The van der Waals surface area contributed by atoms with E-state index in [0.29, 0.717) is 35.7 Å². The molecule has 0 spiro atoms. The summed E-state index contributed by atoms with van der Waals surface area (Å²) in [6.45, 7) is 0.539. The number of fused-ring (bicyclic) bond motifs is 1. The predicted molar refractivity (Wildman–Crippen MR) is 149 cm³/mol. The van der Waals surface area contributed by atoms with Gasteiger partial charge in [-0.1, -0.05) is 30.3 Å². The minimum Gasteiger partial charge on any atom is -0.492 e. The van der Waals surface area contributed by atoms with Gasteiger partial charge in [-0.2, -0.15) is 12.7 Å². The van der Waals surface area contributed by atoms with Gasteiger partial charge in [0.2, 0.25) is 10.0 Å². The number of carbonyl (C=O) groups is 2. The van der Waals surface area contributed by atoms with Gasteiger partial charge in [-0.3, -0.25) is 13.8 Å². The van der Waals surface area contributed by atoms with Crippen LogP contribution in [-0.4, -0.2) is 71.5 Å². The molecule has 0 N–H and O–H groups in total. The van der Waals surface area contributed by atoms with Crippen LogP contribution in [0.2, 0.25) is 0 Å². The molecular formula is C28H28N2O9S2. The Kier molecular flexibility index (Phi) is 8.13. The fourth-order valence-corrected chi connectivity index (χ4v) is 6.61. The zero-order chi connectivity index (χ0) is 29.2. The molecule has 3 aromatic carbocycles. The van der Waals surface area contributed by atoms with Crippen molar-refractivity contribution in [1.82, 2.24) is 4.31 Å². The molecule has 1 fully saturated rings. The number of Topliss-reactive ketones (excluding diaryl/α,β-unsaturated/α-hetero) is 1. The Morgan fingerprint density at radius 3 is 2.22 bits per heavy atom. The predicted octanol–water partition coefficient (Wildman–Crippen LogP) is 2.61. The molecule has 2 heterocycles. The van der Waals surface area contributed by atoms with Gasteiger partial charge in [0.05, 0.1) is 35.0 Å². The number of benzene rings is 3. The Balaban J connectivity index is 1.24. The minimum absolute atomic E-state index is 0.0301. The molecule has 0 radical (unpaired) electrons. The van der Waals surface area contributed by atoms with Crippen LogP contribution >= 0.6 is 0 Å². The summed E-state index contributed by atoms with van der Waals surface area (Å²) in [5.41, 5.74) is 1.08. The lowest BCUT2D eigenvalue weighted by Crippen LogP contribution is -2.53. The highest BCUT2D eigenvalue weighted by Crippen LogP contribution is 2.35. The first-order valence-corrected chi connectivity index (χ1v) is 16.0. The van der Waals surface area contributed by atoms with Crippen molar-refractivity contribution in [2.45, 2.75) is 23.9 Å². The molecule has 1 atom stereocenters. The van der Waals surface area contributed by atoms with Crippen LogP contribution in [-0.2, 0) is 35.7 Å². The molecule has 5 rings (SSSR count). The molecule has 0 aliphatic carbocycles. The van der Waals surface area contributed by atoms with Gasteiger partial charge in [0.1, 0.15) is 31.3 Å². The first kappa shape index (κ1) is 28.7. The third-order valence-electron chi connectivity index (χ3n) is 6.74. The standard InChI is InChI=1S/C28H28N2O9S2/c1-40(33,34)39-16-15-37-23-9-7-20(8-10-23)18-29-26-12-11-24(17-25(26)27(31)28(29)32)41(35,36)30-14-13-21(30)19-38-22-5-3-2-4-6-22/h2-12,17,21H,13-16,18-19H2,1H3/t21-/m0/s1. The molecular weight excluding hydrogens is 572 g/mol. The molecule has 0 saturated carbocycles. The molecule has 0 aromatic heterocycles. The lowest BCUT2D eigenvalue weighted by molar-refractivity contribution is -0.114. The number of anilines is 1. The summed E-state index contributed by atoms with van der Waals surface area (Å²) in [5.74, 6) is -0.385. The molecule has 11 nitrogen and oxygen atoms in total. The molecule has 3 aromatic rings. The van der Waals surface area contributed by atoms with E-state index in [-0.39, 0.29) is 42.9 Å². The van der Waals surface area contributed by atoms with Gasteiger partial charge in [0.15, 0.2) is 0 Å². The van der Waals surface area contributed by atoms with Gasteiger partial charge in [0.25, 0.3) is 21.8 Å². The number of ether oxygens (including phenoxy) is 2. The first-order valence-electron chi connectivity index (χ1n) is 12.8. The van der Waals surface area contributed by atoms with E-state index >= 15 is 0 Å². The Labute approximate surface area is 238 Å². The van der Waals surface area contributed by atoms with E-state index in [9.17, 15) is 26.4 Å². The topological polar surface area (TPSA) is 137 Å². The second-order valence-electron chi connectivity index (χ2n) is 9.60. The number of carbonyl (C=O) groups excluding carboxylic acids is 2. The summed E-state index contributed by atoms with van der Waals surface area (Å²) >= 11 is 0. The second kappa shape index (κ2) is 11.6. The van der Waals surface area contributed by atoms with E-state index in [4.69, 9.17) is 9.47 Å². The molecule has 2 aliphatic rings. The maximum atomic E-state index is 13.4. The Hall–Kier alpha value is -3.78. The molecule has 0 bridgehead atoms. The maximum Gasteiger partial charge on any atom is 0.299 e. The summed E-state index contributed by atoms with van der Waals surface area (Å²) in [7, 11) is -7.45. The average molecular weight is 601 g/mol. The van der Waals surface area contributed by atoms with Gasteiger partial charge < -0.3 is 14.4 Å². The number of para-hydroxylation sites is 1. The molecule has 216 valence electrons. The van der Waals surface area contributed by atoms with Crippen LogP contribution in [0.3, 0.4) is 0 Å². The van der Waals surface area contributed by atoms with Gasteiger partial charge in [-0.25, -0.2) is 8.42 Å². The minimum atomic E-state index is -3.90. The molecule has 1 amide bonds. The van der Waals surface area contributed by atoms with Crippen molar-refractivity contribution in [3.8, 4) is 11.5 Å². The van der Waals surface area contributed by atoms with Crippen LogP contribution in [0, 0.1) is 0 Å². The zero-order valence-corrected chi connectivity index (χ0v) is 23.8. The van der Waals surface area contributed by atoms with Crippen LogP contribution < -0.4 is 14.4 Å². The summed E-state index contributed by atoms with van der Waals surface area (Å²) in [6.07, 6.45) is 1.61. The number of sulfonamides is 1.